The molecule has 3 fully saturated rings. The molecule has 3 aromatic heterocycles. The molecule has 11 nitrogen and oxygen atoms in total. The molecule has 0 saturated heterocycles. The van der Waals surface area contributed by atoms with Crippen LogP contribution in [0.2, 0.25) is 0 Å². The molecule has 1 atom stereocenters. The van der Waals surface area contributed by atoms with Crippen molar-refractivity contribution in [2.24, 2.45) is 11.3 Å². The molecule has 3 heterocycles. The SMILES string of the molecule is Cc1nc(F)ccc1[C@@H](c1cn(C23CC(C2)C3)nn1)N(C(=O)O)c1cc(C#N)c2ncc(C#N)c(NCC(C)(C)C)c2c1. The predicted octanol–water partition coefficient (Wildman–Crippen LogP) is 5.65. The van der Waals surface area contributed by atoms with Crippen molar-refractivity contribution in [2.45, 2.75) is 58.5 Å². The van der Waals surface area contributed by atoms with Gasteiger partial charge in [-0.3, -0.25) is 9.88 Å². The van der Waals surface area contributed by atoms with E-state index in [0.29, 0.717) is 46.0 Å². The molecule has 3 saturated carbocycles. The maximum Gasteiger partial charge on any atom is 0.412 e. The second-order valence-corrected chi connectivity index (χ2v) is 12.7. The third-order valence-corrected chi connectivity index (χ3v) is 8.41. The summed E-state index contributed by atoms with van der Waals surface area (Å²) in [7, 11) is 0. The number of carbonyl (C=O) groups is 1. The first-order valence-electron chi connectivity index (χ1n) is 14.0. The average molecular weight is 580 g/mol. The number of nitrogens with zero attached hydrogens (tertiary/aromatic N) is 8. The largest absolute Gasteiger partial charge is 0.465 e. The van der Waals surface area contributed by atoms with Crippen molar-refractivity contribution in [3.63, 3.8) is 0 Å². The number of rotatable bonds is 7. The quantitative estimate of drug-likeness (QED) is 0.264. The first-order valence-corrected chi connectivity index (χ1v) is 14.0. The molecule has 2 bridgehead atoms. The summed E-state index contributed by atoms with van der Waals surface area (Å²) in [4.78, 5) is 22.6. The second kappa shape index (κ2) is 10.0. The van der Waals surface area contributed by atoms with E-state index in [2.05, 4.69) is 37.7 Å². The highest BCUT2D eigenvalue weighted by Crippen LogP contribution is 2.62. The number of hydrogen-bond donors (Lipinski definition) is 2. The minimum atomic E-state index is -1.33. The lowest BCUT2D eigenvalue weighted by molar-refractivity contribution is -0.0989. The summed E-state index contributed by atoms with van der Waals surface area (Å²) >= 11 is 0. The maximum atomic E-state index is 14.1. The molecule has 4 aromatic rings. The number of pyridine rings is 2. The van der Waals surface area contributed by atoms with E-state index >= 15 is 0 Å². The second-order valence-electron chi connectivity index (χ2n) is 12.7. The van der Waals surface area contributed by atoms with Gasteiger partial charge in [-0.25, -0.2) is 14.5 Å². The van der Waals surface area contributed by atoms with Gasteiger partial charge < -0.3 is 10.4 Å². The Bertz CT molecular complexity index is 1850. The lowest BCUT2D eigenvalue weighted by Crippen LogP contribution is -2.59. The zero-order valence-electron chi connectivity index (χ0n) is 24.3. The van der Waals surface area contributed by atoms with Crippen LogP contribution in [0.4, 0.5) is 20.6 Å². The fraction of sp³-hybridized carbons (Fsp3) is 0.387. The lowest BCUT2D eigenvalue weighted by Gasteiger charge is -2.61. The topological polar surface area (TPSA) is 157 Å². The van der Waals surface area contributed by atoms with E-state index in [1.165, 1.54) is 24.4 Å². The molecule has 43 heavy (non-hydrogen) atoms. The van der Waals surface area contributed by atoms with Crippen molar-refractivity contribution in [3.05, 3.63) is 70.7 Å². The molecule has 0 unspecified atom stereocenters. The summed E-state index contributed by atoms with van der Waals surface area (Å²) < 4.78 is 15.9. The summed E-state index contributed by atoms with van der Waals surface area (Å²) in [6, 6.07) is 8.96. The van der Waals surface area contributed by atoms with Crippen LogP contribution in [-0.4, -0.2) is 42.7 Å². The van der Waals surface area contributed by atoms with E-state index < -0.39 is 18.1 Å². The molecule has 12 heteroatoms. The standard InChI is InChI=1S/C31H30FN9O2/c1-17-22(5-6-25(32)37-17)28(24-15-40(39-38-24)31-9-18(10-31)11-31)41(29(42)43)21-7-19(12-33)26-23(8-21)27(20(13-34)14-35-26)36-16-30(2,3)4/h5-8,14-15,18,28H,9-11,16H2,1-4H3,(H,35,36)(H,42,43)/t18?,28-,31?/m0/s1. The van der Waals surface area contributed by atoms with Gasteiger partial charge in [-0.1, -0.05) is 32.1 Å². The Kier molecular flexibility index (Phi) is 6.53. The van der Waals surface area contributed by atoms with Crippen LogP contribution in [0.25, 0.3) is 10.9 Å². The van der Waals surface area contributed by atoms with Crippen molar-refractivity contribution in [3.8, 4) is 12.1 Å². The van der Waals surface area contributed by atoms with Crippen LogP contribution < -0.4 is 10.2 Å². The average Bonchev–Trinajstić information content (AvgIpc) is 3.36. The van der Waals surface area contributed by atoms with Gasteiger partial charge in [0.2, 0.25) is 5.95 Å². The van der Waals surface area contributed by atoms with E-state index in [9.17, 15) is 24.8 Å². The van der Waals surface area contributed by atoms with E-state index in [1.807, 2.05) is 25.5 Å². The molecule has 0 aliphatic heterocycles. The highest BCUT2D eigenvalue weighted by atomic mass is 19.1. The summed E-state index contributed by atoms with van der Waals surface area (Å²) in [5.74, 6) is -0.000880. The van der Waals surface area contributed by atoms with Gasteiger partial charge >= 0.3 is 6.09 Å². The molecular weight excluding hydrogens is 549 g/mol. The van der Waals surface area contributed by atoms with E-state index in [0.717, 1.165) is 24.2 Å². The minimum absolute atomic E-state index is 0.0888. The van der Waals surface area contributed by atoms with Crippen LogP contribution in [-0.2, 0) is 5.54 Å². The van der Waals surface area contributed by atoms with Crippen LogP contribution >= 0.6 is 0 Å². The van der Waals surface area contributed by atoms with E-state index in [4.69, 9.17) is 0 Å². The third kappa shape index (κ3) is 4.79. The van der Waals surface area contributed by atoms with Gasteiger partial charge in [-0.2, -0.15) is 14.9 Å². The van der Waals surface area contributed by atoms with Crippen molar-refractivity contribution in [1.82, 2.24) is 25.0 Å². The number of hydrogen-bond acceptors (Lipinski definition) is 8. The van der Waals surface area contributed by atoms with E-state index in [-0.39, 0.29) is 27.8 Å². The Hall–Kier alpha value is -5.10. The molecule has 1 aromatic carbocycles. The maximum absolute atomic E-state index is 14.1. The van der Waals surface area contributed by atoms with Crippen LogP contribution in [0.3, 0.4) is 0 Å². The zero-order chi connectivity index (χ0) is 30.7. The molecular formula is C31H30FN9O2. The number of aromatic nitrogens is 5. The monoisotopic (exact) mass is 579 g/mol. The van der Waals surface area contributed by atoms with Crippen molar-refractivity contribution in [1.29, 1.82) is 10.5 Å². The molecule has 0 radical (unpaired) electrons. The molecule has 7 rings (SSSR count). The van der Waals surface area contributed by atoms with Gasteiger partial charge in [0.25, 0.3) is 0 Å². The Labute approximate surface area is 247 Å². The number of halogens is 1. The van der Waals surface area contributed by atoms with Crippen molar-refractivity contribution < 1.29 is 14.3 Å². The van der Waals surface area contributed by atoms with Gasteiger partial charge in [-0.15, -0.1) is 5.10 Å². The number of amides is 1. The third-order valence-electron chi connectivity index (χ3n) is 8.41. The summed E-state index contributed by atoms with van der Waals surface area (Å²) in [5, 5.41) is 43.3. The number of benzene rings is 1. The highest BCUT2D eigenvalue weighted by Gasteiger charge is 2.59. The van der Waals surface area contributed by atoms with Crippen LogP contribution in [0.1, 0.15) is 74.2 Å². The Morgan fingerprint density at radius 2 is 1.95 bits per heavy atom. The fourth-order valence-electron chi connectivity index (χ4n) is 6.12. The normalized spacial score (nSPS) is 19.5. The molecule has 2 N–H and O–H groups in total. The Morgan fingerprint density at radius 3 is 2.53 bits per heavy atom. The minimum Gasteiger partial charge on any atom is -0.465 e. The molecule has 1 amide bonds. The van der Waals surface area contributed by atoms with Gasteiger partial charge in [0.05, 0.1) is 39.8 Å². The predicted molar refractivity (Wildman–Crippen MR) is 156 cm³/mol. The number of aryl methyl sites for hydroxylation is 1. The van der Waals surface area contributed by atoms with Gasteiger partial charge in [0.1, 0.15) is 23.9 Å². The Balaban J connectivity index is 1.56. The van der Waals surface area contributed by atoms with Crippen LogP contribution in [0, 0.1) is 46.9 Å². The lowest BCUT2D eigenvalue weighted by atomic mass is 9.50. The first kappa shape index (κ1) is 28.0. The van der Waals surface area contributed by atoms with E-state index in [1.54, 1.807) is 19.2 Å². The number of nitriles is 2. The van der Waals surface area contributed by atoms with Crippen LogP contribution in [0.15, 0.2) is 36.7 Å². The summed E-state index contributed by atoms with van der Waals surface area (Å²) in [6.07, 6.45) is 4.86. The number of carboxylic acid groups (broad SMARTS) is 1. The van der Waals surface area contributed by atoms with Gasteiger partial charge in [0.15, 0.2) is 0 Å². The number of fused-ring (bicyclic) bond motifs is 1. The highest BCUT2D eigenvalue weighted by molar-refractivity contribution is 6.01. The molecule has 0 spiro atoms. The summed E-state index contributed by atoms with van der Waals surface area (Å²) in [6.45, 7) is 8.23. The molecule has 3 aliphatic carbocycles. The van der Waals surface area contributed by atoms with Gasteiger partial charge in [0, 0.05) is 29.4 Å². The molecule has 3 aliphatic rings. The van der Waals surface area contributed by atoms with Crippen molar-refractivity contribution >= 4 is 28.4 Å². The summed E-state index contributed by atoms with van der Waals surface area (Å²) in [5.41, 5.74) is 2.15. The fourth-order valence-corrected chi connectivity index (χ4v) is 6.12. The van der Waals surface area contributed by atoms with Crippen molar-refractivity contribution in [2.75, 3.05) is 16.8 Å². The molecule has 218 valence electrons. The number of anilines is 2. The van der Waals surface area contributed by atoms with Gasteiger partial charge in [-0.05, 0) is 55.7 Å². The number of nitrogens with one attached hydrogen (secondary N) is 1. The Morgan fingerprint density at radius 1 is 1.23 bits per heavy atom. The first-order chi connectivity index (χ1) is 20.4. The van der Waals surface area contributed by atoms with Crippen LogP contribution in [0.5, 0.6) is 0 Å². The zero-order valence-corrected chi connectivity index (χ0v) is 24.3. The smallest absolute Gasteiger partial charge is 0.412 e.